The van der Waals surface area contributed by atoms with E-state index in [4.69, 9.17) is 14.2 Å². The lowest BCUT2D eigenvalue weighted by atomic mass is 9.48. The monoisotopic (exact) mass is 296 g/mol. The Hall–Kier alpha value is -1.10. The average Bonchev–Trinajstić information content (AvgIpc) is 2.47. The van der Waals surface area contributed by atoms with Crippen molar-refractivity contribution in [2.45, 2.75) is 51.6 Å². The predicted molar refractivity (Wildman–Crippen MR) is 74.1 cm³/mol. The minimum absolute atomic E-state index is 0.0114. The van der Waals surface area contributed by atoms with E-state index in [-0.39, 0.29) is 30.3 Å². The number of methoxy groups -OCH3 is 1. The summed E-state index contributed by atoms with van der Waals surface area (Å²) < 4.78 is 15.8. The minimum Gasteiger partial charge on any atom is -0.462 e. The molecule has 0 aromatic heterocycles. The molecule has 4 saturated carbocycles. The molecule has 0 heterocycles. The number of hydrogen-bond acceptors (Lipinski definition) is 5. The molecular formula is C16H24O5. The van der Waals surface area contributed by atoms with E-state index in [1.165, 1.54) is 7.11 Å². The van der Waals surface area contributed by atoms with Crippen LogP contribution in [0.5, 0.6) is 0 Å². The predicted octanol–water partition coefficient (Wildman–Crippen LogP) is 2.28. The molecule has 0 aliphatic heterocycles. The van der Waals surface area contributed by atoms with Crippen LogP contribution in [0.25, 0.3) is 0 Å². The molecule has 118 valence electrons. The number of carbonyl (C=O) groups excluding carboxylic acids is 2. The van der Waals surface area contributed by atoms with Gasteiger partial charge in [-0.2, -0.15) is 0 Å². The van der Waals surface area contributed by atoms with Crippen LogP contribution in [-0.4, -0.2) is 31.9 Å². The molecule has 0 aromatic rings. The highest BCUT2D eigenvalue weighted by atomic mass is 16.7. The van der Waals surface area contributed by atoms with Gasteiger partial charge in [-0.15, -0.1) is 0 Å². The van der Waals surface area contributed by atoms with Gasteiger partial charge in [0.2, 0.25) is 0 Å². The standard InChI is InChI=1S/C16H24O5/c1-3-13(17)21-14-11-4-10-5-12(14)8-16(6-10,7-11)15(18)20-9-19-2/h10-12,14H,3-9H2,1-2H3. The van der Waals surface area contributed by atoms with E-state index in [9.17, 15) is 9.59 Å². The average molecular weight is 296 g/mol. The summed E-state index contributed by atoms with van der Waals surface area (Å²) in [5.41, 5.74) is -0.357. The molecule has 5 heteroatoms. The summed E-state index contributed by atoms with van der Waals surface area (Å²) >= 11 is 0. The molecule has 4 aliphatic carbocycles. The highest BCUT2D eigenvalue weighted by Gasteiger charge is 2.60. The van der Waals surface area contributed by atoms with E-state index in [0.717, 1.165) is 32.1 Å². The minimum atomic E-state index is -0.357. The van der Waals surface area contributed by atoms with Gasteiger partial charge in [-0.05, 0) is 49.9 Å². The topological polar surface area (TPSA) is 61.8 Å². The zero-order chi connectivity index (χ0) is 15.0. The van der Waals surface area contributed by atoms with Crippen molar-refractivity contribution < 1.29 is 23.8 Å². The molecule has 4 rings (SSSR count). The SMILES string of the molecule is CCC(=O)OC1C2CC3CC1CC(C(=O)OCOC)(C3)C2. The maximum absolute atomic E-state index is 12.4. The first-order valence-corrected chi connectivity index (χ1v) is 7.93. The fraction of sp³-hybridized carbons (Fsp3) is 0.875. The van der Waals surface area contributed by atoms with Crippen LogP contribution in [0.2, 0.25) is 0 Å². The van der Waals surface area contributed by atoms with Crippen molar-refractivity contribution >= 4 is 11.9 Å². The van der Waals surface area contributed by atoms with Crippen molar-refractivity contribution in [3.63, 3.8) is 0 Å². The van der Waals surface area contributed by atoms with Crippen LogP contribution >= 0.6 is 0 Å². The highest BCUT2D eigenvalue weighted by Crippen LogP contribution is 2.61. The van der Waals surface area contributed by atoms with Crippen LogP contribution in [-0.2, 0) is 23.8 Å². The van der Waals surface area contributed by atoms with Gasteiger partial charge in [0, 0.05) is 13.5 Å². The third-order valence-electron chi connectivity index (χ3n) is 5.48. The Morgan fingerprint density at radius 3 is 2.38 bits per heavy atom. The number of esters is 2. The Kier molecular flexibility index (Phi) is 3.95. The van der Waals surface area contributed by atoms with Crippen molar-refractivity contribution in [3.8, 4) is 0 Å². The van der Waals surface area contributed by atoms with E-state index in [1.54, 1.807) is 0 Å². The molecule has 0 N–H and O–H groups in total. The number of hydrogen-bond donors (Lipinski definition) is 0. The molecule has 5 nitrogen and oxygen atoms in total. The molecule has 0 amide bonds. The molecular weight excluding hydrogens is 272 g/mol. The largest absolute Gasteiger partial charge is 0.462 e. The van der Waals surface area contributed by atoms with Gasteiger partial charge >= 0.3 is 11.9 Å². The molecule has 21 heavy (non-hydrogen) atoms. The second-order valence-electron chi connectivity index (χ2n) is 6.90. The van der Waals surface area contributed by atoms with Crippen molar-refractivity contribution in [3.05, 3.63) is 0 Å². The molecule has 2 unspecified atom stereocenters. The molecule has 0 aromatic carbocycles. The van der Waals surface area contributed by atoms with Crippen molar-refractivity contribution in [1.82, 2.24) is 0 Å². The van der Waals surface area contributed by atoms with E-state index < -0.39 is 0 Å². The van der Waals surface area contributed by atoms with Crippen molar-refractivity contribution in [2.75, 3.05) is 13.9 Å². The zero-order valence-corrected chi connectivity index (χ0v) is 12.8. The third-order valence-corrected chi connectivity index (χ3v) is 5.48. The van der Waals surface area contributed by atoms with Crippen LogP contribution in [0, 0.1) is 23.2 Å². The Morgan fingerprint density at radius 2 is 1.81 bits per heavy atom. The van der Waals surface area contributed by atoms with Crippen LogP contribution in [0.3, 0.4) is 0 Å². The fourth-order valence-corrected chi connectivity index (χ4v) is 4.92. The van der Waals surface area contributed by atoms with Crippen LogP contribution in [0.1, 0.15) is 45.4 Å². The maximum atomic E-state index is 12.4. The van der Waals surface area contributed by atoms with Crippen LogP contribution in [0.4, 0.5) is 0 Å². The summed E-state index contributed by atoms with van der Waals surface area (Å²) in [5.74, 6) is 0.977. The maximum Gasteiger partial charge on any atom is 0.314 e. The smallest absolute Gasteiger partial charge is 0.314 e. The summed E-state index contributed by atoms with van der Waals surface area (Å²) in [5, 5.41) is 0. The van der Waals surface area contributed by atoms with Gasteiger partial charge in [-0.1, -0.05) is 6.92 Å². The summed E-state index contributed by atoms with van der Waals surface area (Å²) in [4.78, 5) is 24.1. The van der Waals surface area contributed by atoms with Crippen molar-refractivity contribution in [1.29, 1.82) is 0 Å². The summed E-state index contributed by atoms with van der Waals surface area (Å²) in [6.07, 6.45) is 5.11. The lowest BCUT2D eigenvalue weighted by Gasteiger charge is -2.57. The second kappa shape index (κ2) is 5.59. The Bertz CT molecular complexity index is 416. The van der Waals surface area contributed by atoms with Crippen molar-refractivity contribution in [2.24, 2.45) is 23.2 Å². The Morgan fingerprint density at radius 1 is 1.14 bits per heavy atom. The Balaban J connectivity index is 1.73. The van der Waals surface area contributed by atoms with Gasteiger partial charge in [0.05, 0.1) is 5.41 Å². The van der Waals surface area contributed by atoms with E-state index in [1.807, 2.05) is 6.92 Å². The van der Waals surface area contributed by atoms with Gasteiger partial charge in [-0.25, -0.2) is 0 Å². The lowest BCUT2D eigenvalue weighted by molar-refractivity contribution is -0.200. The van der Waals surface area contributed by atoms with Gasteiger partial charge in [0.1, 0.15) is 6.10 Å². The number of rotatable bonds is 5. The molecule has 0 radical (unpaired) electrons. The van der Waals surface area contributed by atoms with Crippen LogP contribution in [0.15, 0.2) is 0 Å². The molecule has 2 atom stereocenters. The summed E-state index contributed by atoms with van der Waals surface area (Å²) in [7, 11) is 1.52. The van der Waals surface area contributed by atoms with E-state index in [2.05, 4.69) is 0 Å². The molecule has 4 aliphatic rings. The number of carbonyl (C=O) groups is 2. The molecule has 4 bridgehead atoms. The fourth-order valence-electron chi connectivity index (χ4n) is 4.92. The highest BCUT2D eigenvalue weighted by molar-refractivity contribution is 5.77. The second-order valence-corrected chi connectivity index (χ2v) is 6.90. The summed E-state index contributed by atoms with van der Waals surface area (Å²) in [6, 6.07) is 0. The van der Waals surface area contributed by atoms with E-state index >= 15 is 0 Å². The summed E-state index contributed by atoms with van der Waals surface area (Å²) in [6.45, 7) is 1.84. The lowest BCUT2D eigenvalue weighted by Crippen LogP contribution is -2.57. The van der Waals surface area contributed by atoms with Gasteiger partial charge < -0.3 is 14.2 Å². The van der Waals surface area contributed by atoms with Crippen LogP contribution < -0.4 is 0 Å². The normalized spacial score (nSPS) is 40.1. The number of ether oxygens (including phenoxy) is 3. The quantitative estimate of drug-likeness (QED) is 0.575. The third kappa shape index (κ3) is 2.56. The van der Waals surface area contributed by atoms with Gasteiger partial charge in [0.25, 0.3) is 0 Å². The first-order valence-electron chi connectivity index (χ1n) is 7.93. The zero-order valence-electron chi connectivity index (χ0n) is 12.8. The first kappa shape index (κ1) is 14.8. The molecule has 0 saturated heterocycles. The van der Waals surface area contributed by atoms with E-state index in [0.29, 0.717) is 24.2 Å². The molecule has 4 fully saturated rings. The molecule has 0 spiro atoms. The van der Waals surface area contributed by atoms with Gasteiger partial charge in [-0.3, -0.25) is 9.59 Å². The van der Waals surface area contributed by atoms with Gasteiger partial charge in [0.15, 0.2) is 6.79 Å². The Labute approximate surface area is 125 Å². The first-order chi connectivity index (χ1) is 10.1.